The van der Waals surface area contributed by atoms with Gasteiger partial charge in [-0.3, -0.25) is 0 Å². The summed E-state index contributed by atoms with van der Waals surface area (Å²) in [4.78, 5) is 0. The molecule has 2 aromatic rings. The predicted molar refractivity (Wildman–Crippen MR) is 97.2 cm³/mol. The summed E-state index contributed by atoms with van der Waals surface area (Å²) in [5.41, 5.74) is 12.0. The number of hydrogen-bond acceptors (Lipinski definition) is 4. The van der Waals surface area contributed by atoms with E-state index in [9.17, 15) is 0 Å². The van der Waals surface area contributed by atoms with Crippen LogP contribution in [0.2, 0.25) is 10.0 Å². The summed E-state index contributed by atoms with van der Waals surface area (Å²) in [6, 6.07) is 10.7. The Morgan fingerprint density at radius 1 is 1.17 bits per heavy atom. The molecule has 0 saturated carbocycles. The number of hydrogen-bond donors (Lipinski definition) is 2. The van der Waals surface area contributed by atoms with Crippen LogP contribution in [0.4, 0.5) is 0 Å². The number of methoxy groups -OCH3 is 1. The van der Waals surface area contributed by atoms with Gasteiger partial charge in [-0.2, -0.15) is 5.10 Å². The molecule has 0 atom stereocenters. The molecular formula is C16H16Cl2N4O2. The summed E-state index contributed by atoms with van der Waals surface area (Å²) in [5.74, 6) is 1.05. The SMILES string of the molecule is COc1ccc(C=NN=C(N)N)cc1COc1cccc(Cl)c1Cl. The van der Waals surface area contributed by atoms with Gasteiger partial charge in [-0.05, 0) is 35.9 Å². The molecular weight excluding hydrogens is 351 g/mol. The summed E-state index contributed by atoms with van der Waals surface area (Å²) < 4.78 is 11.1. The molecule has 0 heterocycles. The molecule has 0 spiro atoms. The van der Waals surface area contributed by atoms with E-state index in [2.05, 4.69) is 10.2 Å². The van der Waals surface area contributed by atoms with Crippen molar-refractivity contribution in [3.05, 3.63) is 57.6 Å². The second-order valence-electron chi connectivity index (χ2n) is 4.68. The van der Waals surface area contributed by atoms with Crippen molar-refractivity contribution in [2.24, 2.45) is 21.7 Å². The van der Waals surface area contributed by atoms with Gasteiger partial charge in [-0.1, -0.05) is 29.3 Å². The molecule has 4 N–H and O–H groups in total. The maximum Gasteiger partial charge on any atom is 0.211 e. The Morgan fingerprint density at radius 3 is 2.67 bits per heavy atom. The van der Waals surface area contributed by atoms with Crippen LogP contribution in [0.3, 0.4) is 0 Å². The maximum atomic E-state index is 6.11. The number of rotatable bonds is 6. The van der Waals surface area contributed by atoms with Crippen LogP contribution in [-0.4, -0.2) is 19.3 Å². The summed E-state index contributed by atoms with van der Waals surface area (Å²) in [6.07, 6.45) is 1.52. The van der Waals surface area contributed by atoms with E-state index in [1.165, 1.54) is 6.21 Å². The zero-order valence-corrected chi connectivity index (χ0v) is 14.4. The third-order valence-electron chi connectivity index (χ3n) is 2.98. The van der Waals surface area contributed by atoms with Gasteiger partial charge in [0.25, 0.3) is 0 Å². The van der Waals surface area contributed by atoms with Gasteiger partial charge in [0.1, 0.15) is 23.1 Å². The average Bonchev–Trinajstić information content (AvgIpc) is 2.56. The van der Waals surface area contributed by atoms with Crippen molar-refractivity contribution in [2.75, 3.05) is 7.11 Å². The van der Waals surface area contributed by atoms with E-state index in [1.807, 2.05) is 12.1 Å². The summed E-state index contributed by atoms with van der Waals surface area (Å²) in [7, 11) is 1.58. The van der Waals surface area contributed by atoms with Crippen molar-refractivity contribution in [3.63, 3.8) is 0 Å². The Hall–Kier alpha value is -2.44. The quantitative estimate of drug-likeness (QED) is 0.466. The lowest BCUT2D eigenvalue weighted by molar-refractivity contribution is 0.297. The van der Waals surface area contributed by atoms with Crippen LogP contribution in [0.15, 0.2) is 46.6 Å². The summed E-state index contributed by atoms with van der Waals surface area (Å²) in [6.45, 7) is 0.243. The number of guanidine groups is 1. The van der Waals surface area contributed by atoms with Gasteiger partial charge in [0.2, 0.25) is 5.96 Å². The molecule has 0 unspecified atom stereocenters. The van der Waals surface area contributed by atoms with Crippen molar-refractivity contribution in [3.8, 4) is 11.5 Å². The third kappa shape index (κ3) is 4.78. The molecule has 0 aliphatic heterocycles. The number of nitrogens with two attached hydrogens (primary N) is 2. The topological polar surface area (TPSA) is 95.2 Å². The minimum absolute atomic E-state index is 0.112. The van der Waals surface area contributed by atoms with Crippen LogP contribution >= 0.6 is 23.2 Å². The van der Waals surface area contributed by atoms with Crippen LogP contribution in [0.25, 0.3) is 0 Å². The second kappa shape index (κ2) is 8.42. The fourth-order valence-corrected chi connectivity index (χ4v) is 2.25. The largest absolute Gasteiger partial charge is 0.496 e. The van der Waals surface area contributed by atoms with Crippen LogP contribution in [0, 0.1) is 0 Å². The van der Waals surface area contributed by atoms with Crippen molar-refractivity contribution in [1.29, 1.82) is 0 Å². The van der Waals surface area contributed by atoms with E-state index in [1.54, 1.807) is 31.4 Å². The van der Waals surface area contributed by atoms with Crippen LogP contribution < -0.4 is 20.9 Å². The van der Waals surface area contributed by atoms with Crippen molar-refractivity contribution >= 4 is 35.4 Å². The molecule has 0 aliphatic rings. The van der Waals surface area contributed by atoms with E-state index in [0.717, 1.165) is 11.1 Å². The Kier molecular flexibility index (Phi) is 6.28. The zero-order valence-electron chi connectivity index (χ0n) is 12.9. The van der Waals surface area contributed by atoms with E-state index < -0.39 is 0 Å². The molecule has 126 valence electrons. The van der Waals surface area contributed by atoms with Gasteiger partial charge in [-0.25, -0.2) is 0 Å². The first-order valence-electron chi connectivity index (χ1n) is 6.87. The van der Waals surface area contributed by atoms with Crippen molar-refractivity contribution < 1.29 is 9.47 Å². The Morgan fingerprint density at radius 2 is 1.96 bits per heavy atom. The monoisotopic (exact) mass is 366 g/mol. The van der Waals surface area contributed by atoms with E-state index >= 15 is 0 Å². The van der Waals surface area contributed by atoms with E-state index in [-0.39, 0.29) is 12.6 Å². The lowest BCUT2D eigenvalue weighted by atomic mass is 10.1. The van der Waals surface area contributed by atoms with Gasteiger partial charge >= 0.3 is 0 Å². The van der Waals surface area contributed by atoms with Gasteiger partial charge in [-0.15, -0.1) is 5.10 Å². The first kappa shape index (κ1) is 17.9. The van der Waals surface area contributed by atoms with Crippen LogP contribution in [0.5, 0.6) is 11.5 Å². The van der Waals surface area contributed by atoms with Gasteiger partial charge < -0.3 is 20.9 Å². The second-order valence-corrected chi connectivity index (χ2v) is 5.47. The van der Waals surface area contributed by atoms with Gasteiger partial charge in [0, 0.05) is 5.56 Å². The lowest BCUT2D eigenvalue weighted by Crippen LogP contribution is -2.21. The molecule has 6 nitrogen and oxygen atoms in total. The first-order valence-corrected chi connectivity index (χ1v) is 7.62. The Bertz CT molecular complexity index is 775. The molecule has 0 aliphatic carbocycles. The molecule has 2 rings (SSSR count). The minimum atomic E-state index is -0.112. The zero-order chi connectivity index (χ0) is 17.5. The fourth-order valence-electron chi connectivity index (χ4n) is 1.90. The van der Waals surface area contributed by atoms with Crippen LogP contribution in [-0.2, 0) is 6.61 Å². The number of halogens is 2. The van der Waals surface area contributed by atoms with Gasteiger partial charge in [0.15, 0.2) is 0 Å². The first-order chi connectivity index (χ1) is 11.5. The highest BCUT2D eigenvalue weighted by Gasteiger charge is 2.09. The fraction of sp³-hybridized carbons (Fsp3) is 0.125. The molecule has 2 aromatic carbocycles. The highest BCUT2D eigenvalue weighted by molar-refractivity contribution is 6.42. The van der Waals surface area contributed by atoms with Crippen molar-refractivity contribution in [1.82, 2.24) is 0 Å². The van der Waals surface area contributed by atoms with E-state index in [4.69, 9.17) is 44.1 Å². The molecule has 0 amide bonds. The van der Waals surface area contributed by atoms with Crippen LogP contribution in [0.1, 0.15) is 11.1 Å². The molecule has 0 radical (unpaired) electrons. The highest BCUT2D eigenvalue weighted by atomic mass is 35.5. The number of nitrogens with zero attached hydrogens (tertiary/aromatic N) is 2. The normalized spacial score (nSPS) is 10.6. The van der Waals surface area contributed by atoms with Gasteiger partial charge in [0.05, 0.1) is 18.3 Å². The predicted octanol–water partition coefficient (Wildman–Crippen LogP) is 3.19. The molecule has 0 bridgehead atoms. The number of benzene rings is 2. The lowest BCUT2D eigenvalue weighted by Gasteiger charge is -2.12. The number of ether oxygens (including phenoxy) is 2. The minimum Gasteiger partial charge on any atom is -0.496 e. The Balaban J connectivity index is 2.20. The average molecular weight is 367 g/mol. The smallest absolute Gasteiger partial charge is 0.211 e. The van der Waals surface area contributed by atoms with Crippen molar-refractivity contribution in [2.45, 2.75) is 6.61 Å². The summed E-state index contributed by atoms with van der Waals surface area (Å²) in [5, 5.41) is 8.12. The molecule has 0 saturated heterocycles. The molecule has 0 aromatic heterocycles. The molecule has 24 heavy (non-hydrogen) atoms. The molecule has 8 heteroatoms. The highest BCUT2D eigenvalue weighted by Crippen LogP contribution is 2.32. The summed E-state index contributed by atoms with van der Waals surface area (Å²) >= 11 is 12.1. The third-order valence-corrected chi connectivity index (χ3v) is 3.79. The van der Waals surface area contributed by atoms with E-state index in [0.29, 0.717) is 21.5 Å². The standard InChI is InChI=1S/C16H16Cl2N4O2/c1-23-13-6-5-10(8-21-22-16(19)20)7-11(13)9-24-14-4-2-3-12(17)15(14)18/h2-8H,9H2,1H3,(H4,19,20,22). The Labute approximate surface area is 149 Å². The molecule has 0 fully saturated rings. The maximum absolute atomic E-state index is 6.11.